The van der Waals surface area contributed by atoms with E-state index in [1.54, 1.807) is 0 Å². The predicted molar refractivity (Wildman–Crippen MR) is 65.1 cm³/mol. The average Bonchev–Trinajstić information content (AvgIpc) is 2.78. The number of ether oxygens (including phenoxy) is 1. The minimum Gasteiger partial charge on any atom is -0.393 e. The summed E-state index contributed by atoms with van der Waals surface area (Å²) in [5.41, 5.74) is 0. The molecular formula is C12H21N3O3. The highest BCUT2D eigenvalue weighted by Gasteiger charge is 2.24. The van der Waals surface area contributed by atoms with Gasteiger partial charge in [0.05, 0.1) is 19.1 Å². The quantitative estimate of drug-likeness (QED) is 0.838. The summed E-state index contributed by atoms with van der Waals surface area (Å²) in [6.45, 7) is 4.42. The molecule has 1 N–H and O–H groups in total. The summed E-state index contributed by atoms with van der Waals surface area (Å²) in [6.07, 6.45) is 1.59. The molecule has 0 aliphatic carbocycles. The standard InChI is InChI=1S/C12H21N3O3/c1-3-4-9(16)7-11-13-12(14-18-11)10-8-15(2)5-6-17-10/h9-10,16H,3-8H2,1-2H3. The lowest BCUT2D eigenvalue weighted by atomic mass is 10.1. The SMILES string of the molecule is CCCC(O)Cc1nc(C2CN(C)CCO2)no1. The van der Waals surface area contributed by atoms with Gasteiger partial charge in [-0.2, -0.15) is 4.98 Å². The maximum atomic E-state index is 9.70. The number of aliphatic hydroxyl groups is 1. The fourth-order valence-electron chi connectivity index (χ4n) is 2.05. The first-order valence-electron chi connectivity index (χ1n) is 6.49. The molecule has 2 unspecified atom stereocenters. The monoisotopic (exact) mass is 255 g/mol. The van der Waals surface area contributed by atoms with Gasteiger partial charge in [0, 0.05) is 13.1 Å². The second kappa shape index (κ2) is 6.26. The number of hydrogen-bond acceptors (Lipinski definition) is 6. The Morgan fingerprint density at radius 2 is 2.39 bits per heavy atom. The first-order valence-corrected chi connectivity index (χ1v) is 6.49. The first-order chi connectivity index (χ1) is 8.69. The summed E-state index contributed by atoms with van der Waals surface area (Å²) in [5.74, 6) is 1.07. The molecule has 1 aromatic rings. The minimum atomic E-state index is -0.404. The number of aliphatic hydroxyl groups excluding tert-OH is 1. The van der Waals surface area contributed by atoms with Gasteiger partial charge in [0.25, 0.3) is 0 Å². The summed E-state index contributed by atoms with van der Waals surface area (Å²) >= 11 is 0. The zero-order valence-electron chi connectivity index (χ0n) is 11.0. The van der Waals surface area contributed by atoms with Crippen molar-refractivity contribution in [3.63, 3.8) is 0 Å². The van der Waals surface area contributed by atoms with Gasteiger partial charge >= 0.3 is 0 Å². The van der Waals surface area contributed by atoms with Crippen LogP contribution < -0.4 is 0 Å². The van der Waals surface area contributed by atoms with E-state index in [9.17, 15) is 5.11 Å². The van der Waals surface area contributed by atoms with Gasteiger partial charge in [0.2, 0.25) is 11.7 Å². The van der Waals surface area contributed by atoms with Crippen molar-refractivity contribution in [3.05, 3.63) is 11.7 Å². The van der Waals surface area contributed by atoms with Crippen LogP contribution in [0.5, 0.6) is 0 Å². The maximum Gasteiger partial charge on any atom is 0.229 e. The van der Waals surface area contributed by atoms with Crippen LogP contribution in [-0.2, 0) is 11.2 Å². The van der Waals surface area contributed by atoms with E-state index in [1.165, 1.54) is 0 Å². The largest absolute Gasteiger partial charge is 0.393 e. The summed E-state index contributed by atoms with van der Waals surface area (Å²) < 4.78 is 10.8. The van der Waals surface area contributed by atoms with Crippen LogP contribution in [-0.4, -0.2) is 53.0 Å². The van der Waals surface area contributed by atoms with E-state index in [0.717, 1.165) is 25.9 Å². The summed E-state index contributed by atoms with van der Waals surface area (Å²) in [6, 6.07) is 0. The second-order valence-corrected chi connectivity index (χ2v) is 4.81. The third-order valence-corrected chi connectivity index (χ3v) is 3.07. The normalized spacial score (nSPS) is 23.2. The number of morpholine rings is 1. The number of likely N-dealkylation sites (N-methyl/N-ethyl adjacent to an activating group) is 1. The van der Waals surface area contributed by atoms with Gasteiger partial charge in [0.15, 0.2) is 0 Å². The van der Waals surface area contributed by atoms with Crippen molar-refractivity contribution in [1.82, 2.24) is 15.0 Å². The molecule has 0 saturated carbocycles. The maximum absolute atomic E-state index is 9.70. The van der Waals surface area contributed by atoms with Gasteiger partial charge in [-0.15, -0.1) is 0 Å². The van der Waals surface area contributed by atoms with Gasteiger partial charge < -0.3 is 19.3 Å². The summed E-state index contributed by atoms with van der Waals surface area (Å²) in [4.78, 5) is 6.48. The highest BCUT2D eigenvalue weighted by molar-refractivity contribution is 4.94. The molecule has 1 aliphatic heterocycles. The Morgan fingerprint density at radius 3 is 3.11 bits per heavy atom. The van der Waals surface area contributed by atoms with Crippen molar-refractivity contribution >= 4 is 0 Å². The Hall–Kier alpha value is -0.980. The first kappa shape index (κ1) is 13.5. The molecule has 18 heavy (non-hydrogen) atoms. The Balaban J connectivity index is 1.92. The number of aromatic nitrogens is 2. The van der Waals surface area contributed by atoms with E-state index in [-0.39, 0.29) is 6.10 Å². The molecule has 0 amide bonds. The third-order valence-electron chi connectivity index (χ3n) is 3.07. The van der Waals surface area contributed by atoms with Crippen molar-refractivity contribution in [2.45, 2.75) is 38.4 Å². The molecule has 0 radical (unpaired) electrons. The van der Waals surface area contributed by atoms with E-state index in [1.807, 2.05) is 14.0 Å². The molecule has 1 aromatic heterocycles. The fourth-order valence-corrected chi connectivity index (χ4v) is 2.05. The van der Waals surface area contributed by atoms with Crippen LogP contribution in [0.25, 0.3) is 0 Å². The number of nitrogens with zero attached hydrogens (tertiary/aromatic N) is 3. The zero-order chi connectivity index (χ0) is 13.0. The highest BCUT2D eigenvalue weighted by Crippen LogP contribution is 2.19. The Kier molecular flexibility index (Phi) is 4.68. The molecule has 2 atom stereocenters. The van der Waals surface area contributed by atoms with Crippen molar-refractivity contribution in [3.8, 4) is 0 Å². The van der Waals surface area contributed by atoms with Crippen molar-refractivity contribution in [2.75, 3.05) is 26.7 Å². The molecule has 2 rings (SSSR count). The van der Waals surface area contributed by atoms with Gasteiger partial charge in [0.1, 0.15) is 6.10 Å². The van der Waals surface area contributed by atoms with Crippen molar-refractivity contribution in [1.29, 1.82) is 0 Å². The molecule has 1 aliphatic rings. The van der Waals surface area contributed by atoms with Crippen LogP contribution in [0, 0.1) is 0 Å². The van der Waals surface area contributed by atoms with Crippen molar-refractivity contribution < 1.29 is 14.4 Å². The summed E-state index contributed by atoms with van der Waals surface area (Å²) in [5, 5.41) is 13.6. The second-order valence-electron chi connectivity index (χ2n) is 4.81. The van der Waals surface area contributed by atoms with Gasteiger partial charge in [-0.3, -0.25) is 0 Å². The van der Waals surface area contributed by atoms with Crippen LogP contribution in [0.15, 0.2) is 4.52 Å². The lowest BCUT2D eigenvalue weighted by molar-refractivity contribution is -0.0264. The Bertz CT molecular complexity index is 369. The lowest BCUT2D eigenvalue weighted by Crippen LogP contribution is -2.35. The average molecular weight is 255 g/mol. The lowest BCUT2D eigenvalue weighted by Gasteiger charge is -2.27. The van der Waals surface area contributed by atoms with Gasteiger partial charge in [-0.1, -0.05) is 18.5 Å². The molecule has 1 saturated heterocycles. The van der Waals surface area contributed by atoms with Crippen molar-refractivity contribution in [2.24, 2.45) is 0 Å². The molecule has 6 heteroatoms. The molecule has 2 heterocycles. The smallest absolute Gasteiger partial charge is 0.229 e. The molecular weight excluding hydrogens is 234 g/mol. The van der Waals surface area contributed by atoms with Crippen LogP contribution in [0.2, 0.25) is 0 Å². The Morgan fingerprint density at radius 1 is 1.56 bits per heavy atom. The minimum absolute atomic E-state index is 0.121. The molecule has 6 nitrogen and oxygen atoms in total. The molecule has 1 fully saturated rings. The van der Waals surface area contributed by atoms with Crippen LogP contribution in [0.1, 0.15) is 37.6 Å². The fraction of sp³-hybridized carbons (Fsp3) is 0.833. The van der Waals surface area contributed by atoms with Crippen LogP contribution in [0.3, 0.4) is 0 Å². The van der Waals surface area contributed by atoms with E-state index in [2.05, 4.69) is 15.0 Å². The Labute approximate surface area is 107 Å². The van der Waals surface area contributed by atoms with E-state index >= 15 is 0 Å². The molecule has 102 valence electrons. The topological polar surface area (TPSA) is 71.6 Å². The molecule has 0 spiro atoms. The van der Waals surface area contributed by atoms with Gasteiger partial charge in [-0.05, 0) is 13.5 Å². The van der Waals surface area contributed by atoms with E-state index < -0.39 is 6.10 Å². The van der Waals surface area contributed by atoms with Crippen LogP contribution >= 0.6 is 0 Å². The highest BCUT2D eigenvalue weighted by atomic mass is 16.5. The van der Waals surface area contributed by atoms with Crippen LogP contribution in [0.4, 0.5) is 0 Å². The summed E-state index contributed by atoms with van der Waals surface area (Å²) in [7, 11) is 2.04. The van der Waals surface area contributed by atoms with E-state index in [4.69, 9.17) is 9.26 Å². The third kappa shape index (κ3) is 3.51. The van der Waals surface area contributed by atoms with Gasteiger partial charge in [-0.25, -0.2) is 0 Å². The predicted octanol–water partition coefficient (Wildman–Crippen LogP) is 0.776. The number of hydrogen-bond donors (Lipinski definition) is 1. The molecule has 0 aromatic carbocycles. The molecule has 0 bridgehead atoms. The van der Waals surface area contributed by atoms with E-state index in [0.29, 0.717) is 24.7 Å². The number of rotatable bonds is 5. The zero-order valence-corrected chi connectivity index (χ0v) is 11.0.